The quantitative estimate of drug-likeness (QED) is 0.236. The summed E-state index contributed by atoms with van der Waals surface area (Å²) in [6, 6.07) is 5.21. The Morgan fingerprint density at radius 2 is 0.744 bits per heavy atom. The maximum absolute atomic E-state index is 14.5. The number of hydrogen-bond acceptors (Lipinski definition) is 2. The zero-order chi connectivity index (χ0) is 34.1. The van der Waals surface area contributed by atoms with Gasteiger partial charge in [-0.05, 0) is 6.07 Å². The lowest BCUT2D eigenvalue weighted by Crippen LogP contribution is -2.76. The van der Waals surface area contributed by atoms with E-state index in [0.717, 1.165) is 24.3 Å². The zero-order valence-electron chi connectivity index (χ0n) is 19.4. The van der Waals surface area contributed by atoms with Gasteiger partial charge in [0.15, 0.2) is 0 Å². The summed E-state index contributed by atoms with van der Waals surface area (Å²) in [7, 11) is 0. The molecule has 0 saturated carbocycles. The van der Waals surface area contributed by atoms with Crippen molar-refractivity contribution in [1.82, 2.24) is 9.97 Å². The molecule has 0 aliphatic heterocycles. The molecule has 1 heterocycles. The molecule has 0 aliphatic carbocycles. The van der Waals surface area contributed by atoms with Crippen molar-refractivity contribution in [3.8, 4) is 11.3 Å². The summed E-state index contributed by atoms with van der Waals surface area (Å²) in [5.41, 5.74) is -3.90. The molecule has 43 heavy (non-hydrogen) atoms. The van der Waals surface area contributed by atoms with Crippen molar-refractivity contribution in [2.45, 2.75) is 59.5 Å². The van der Waals surface area contributed by atoms with Crippen molar-refractivity contribution in [3.05, 3.63) is 48.4 Å². The van der Waals surface area contributed by atoms with Crippen LogP contribution in [0.3, 0.4) is 0 Å². The van der Waals surface area contributed by atoms with E-state index in [1.54, 1.807) is 0 Å². The van der Waals surface area contributed by atoms with Crippen molar-refractivity contribution in [1.29, 1.82) is 0 Å². The lowest BCUT2D eigenvalue weighted by molar-refractivity contribution is -0.475. The van der Waals surface area contributed by atoms with E-state index in [-0.39, 0.29) is 18.0 Å². The van der Waals surface area contributed by atoms with E-state index >= 15 is 0 Å². The van der Waals surface area contributed by atoms with Gasteiger partial charge in [-0.25, -0.2) is 9.97 Å². The fourth-order valence-electron chi connectivity index (χ4n) is 3.01. The minimum Gasteiger partial charge on any atom is -0.236 e. The molecule has 0 spiro atoms. The Hall–Kier alpha value is -3.17. The van der Waals surface area contributed by atoms with Gasteiger partial charge in [0.25, 0.3) is 0 Å². The van der Waals surface area contributed by atoms with Gasteiger partial charge in [-0.2, -0.15) is 92.2 Å². The van der Waals surface area contributed by atoms with Crippen molar-refractivity contribution in [2.75, 3.05) is 0 Å². The van der Waals surface area contributed by atoms with Crippen LogP contribution >= 0.6 is 0 Å². The molecule has 2 rings (SSSR count). The molecule has 23 heteroatoms. The second-order valence-electron chi connectivity index (χ2n) is 8.32. The largest absolute Gasteiger partial charge is 0.460 e. The smallest absolute Gasteiger partial charge is 0.236 e. The number of aromatic nitrogens is 2. The standard InChI is InChI=1S/C20H7F21N2/c21-11(22,10-6-9(42-7-43-10)8-4-2-1-3-5-8)12(23,24)13(25,26)14(27,28)15(29,30)16(31,32)17(33,34)18(35,36)19(37,38)20(39,40)41/h1-7H. The average Bonchev–Trinajstić information content (AvgIpc) is 2.87. The third-order valence-corrected chi connectivity index (χ3v) is 5.57. The summed E-state index contributed by atoms with van der Waals surface area (Å²) in [4.78, 5) is 5.60. The highest BCUT2D eigenvalue weighted by Gasteiger charge is 2.98. The van der Waals surface area contributed by atoms with E-state index in [1.807, 2.05) is 0 Å². The fourth-order valence-corrected chi connectivity index (χ4v) is 3.01. The van der Waals surface area contributed by atoms with Crippen LogP contribution in [0.25, 0.3) is 11.3 Å². The Kier molecular flexibility index (Phi) is 8.31. The highest BCUT2D eigenvalue weighted by molar-refractivity contribution is 5.59. The first-order chi connectivity index (χ1) is 18.8. The first kappa shape index (κ1) is 36.0. The van der Waals surface area contributed by atoms with Gasteiger partial charge < -0.3 is 0 Å². The lowest BCUT2D eigenvalue weighted by Gasteiger charge is -2.44. The van der Waals surface area contributed by atoms with Gasteiger partial charge in [0.1, 0.15) is 12.0 Å². The molecule has 1 aromatic carbocycles. The molecule has 0 unspecified atom stereocenters. The minimum atomic E-state index is -9.22. The van der Waals surface area contributed by atoms with Crippen LogP contribution < -0.4 is 0 Å². The Morgan fingerprint density at radius 1 is 0.395 bits per heavy atom. The molecule has 2 aromatic rings. The predicted octanol–water partition coefficient (Wildman–Crippen LogP) is 8.88. The molecule has 2 nitrogen and oxygen atoms in total. The topological polar surface area (TPSA) is 25.8 Å². The third-order valence-electron chi connectivity index (χ3n) is 5.57. The second-order valence-corrected chi connectivity index (χ2v) is 8.32. The molecule has 0 bridgehead atoms. The predicted molar refractivity (Wildman–Crippen MR) is 97.0 cm³/mol. The number of nitrogens with zero attached hydrogens (tertiary/aromatic N) is 2. The molecular weight excluding hydrogens is 667 g/mol. The number of rotatable bonds is 10. The molecule has 0 aliphatic rings. The maximum atomic E-state index is 14.5. The van der Waals surface area contributed by atoms with E-state index in [2.05, 4.69) is 9.97 Å². The molecule has 0 atom stereocenters. The first-order valence-electron chi connectivity index (χ1n) is 10.2. The minimum absolute atomic E-state index is 0.107. The molecule has 0 radical (unpaired) electrons. The normalized spacial score (nSPS) is 15.6. The summed E-state index contributed by atoms with van der Waals surface area (Å²) >= 11 is 0. The summed E-state index contributed by atoms with van der Waals surface area (Å²) in [5.74, 6) is -77.7. The van der Waals surface area contributed by atoms with Crippen LogP contribution in [0.15, 0.2) is 42.7 Å². The van der Waals surface area contributed by atoms with Crippen LogP contribution in [0.4, 0.5) is 92.2 Å². The van der Waals surface area contributed by atoms with Crippen molar-refractivity contribution in [3.63, 3.8) is 0 Å². The van der Waals surface area contributed by atoms with Gasteiger partial charge in [-0.3, -0.25) is 0 Å². The van der Waals surface area contributed by atoms with Crippen molar-refractivity contribution in [2.24, 2.45) is 0 Å². The highest BCUT2D eigenvalue weighted by atomic mass is 19.4. The van der Waals surface area contributed by atoms with Crippen LogP contribution in [0.1, 0.15) is 5.69 Å². The maximum Gasteiger partial charge on any atom is 0.460 e. The summed E-state index contributed by atoms with van der Waals surface area (Å²) in [6.45, 7) is 0. The van der Waals surface area contributed by atoms with Crippen molar-refractivity contribution < 1.29 is 92.2 Å². The number of benzene rings is 1. The van der Waals surface area contributed by atoms with Crippen LogP contribution in [-0.4, -0.2) is 63.5 Å². The van der Waals surface area contributed by atoms with E-state index in [4.69, 9.17) is 0 Å². The van der Waals surface area contributed by atoms with E-state index in [0.29, 0.717) is 0 Å². The Morgan fingerprint density at radius 3 is 1.12 bits per heavy atom. The molecule has 0 fully saturated rings. The molecule has 0 N–H and O–H groups in total. The van der Waals surface area contributed by atoms with Gasteiger partial charge in [0.2, 0.25) is 0 Å². The van der Waals surface area contributed by atoms with Gasteiger partial charge in [0, 0.05) is 5.56 Å². The second kappa shape index (κ2) is 9.92. The highest BCUT2D eigenvalue weighted by Crippen LogP contribution is 2.66. The van der Waals surface area contributed by atoms with Crippen molar-refractivity contribution >= 4 is 0 Å². The van der Waals surface area contributed by atoms with Gasteiger partial charge >= 0.3 is 59.5 Å². The van der Waals surface area contributed by atoms with Crippen LogP contribution in [0.2, 0.25) is 0 Å². The zero-order valence-corrected chi connectivity index (χ0v) is 19.4. The Bertz CT molecular complexity index is 1300. The Balaban J connectivity index is 2.70. The summed E-state index contributed by atoms with van der Waals surface area (Å²) < 4.78 is 284. The van der Waals surface area contributed by atoms with Gasteiger partial charge in [-0.1, -0.05) is 30.3 Å². The molecule has 1 aromatic heterocycles. The number of halogens is 21. The molecule has 0 saturated heterocycles. The van der Waals surface area contributed by atoms with Crippen LogP contribution in [-0.2, 0) is 5.92 Å². The lowest BCUT2D eigenvalue weighted by atomic mass is 9.85. The van der Waals surface area contributed by atoms with E-state index in [1.165, 1.54) is 6.07 Å². The fraction of sp³-hybridized carbons (Fsp3) is 0.500. The average molecular weight is 674 g/mol. The summed E-state index contributed by atoms with van der Waals surface area (Å²) in [5, 5.41) is 0. The van der Waals surface area contributed by atoms with Gasteiger partial charge in [-0.15, -0.1) is 0 Å². The molecule has 0 amide bonds. The van der Waals surface area contributed by atoms with Crippen LogP contribution in [0.5, 0.6) is 0 Å². The molecular formula is C20H7F21N2. The van der Waals surface area contributed by atoms with E-state index < -0.39 is 70.9 Å². The summed E-state index contributed by atoms with van der Waals surface area (Å²) in [6.07, 6.45) is -8.13. The molecule has 244 valence electrons. The Labute approximate surface area is 222 Å². The van der Waals surface area contributed by atoms with E-state index in [9.17, 15) is 92.2 Å². The SMILES string of the molecule is FC(F)(F)C(F)(F)C(F)(F)C(F)(F)C(F)(F)C(F)(F)C(F)(F)C(F)(F)C(F)(F)C(F)(F)c1cc(-c2ccccc2)ncn1. The number of alkyl halides is 21. The first-order valence-corrected chi connectivity index (χ1v) is 10.2. The van der Waals surface area contributed by atoms with Crippen LogP contribution in [0, 0.1) is 0 Å². The third kappa shape index (κ3) is 4.70. The monoisotopic (exact) mass is 674 g/mol. The van der Waals surface area contributed by atoms with Gasteiger partial charge in [0.05, 0.1) is 5.69 Å². The number of hydrogen-bond donors (Lipinski definition) is 0.